The van der Waals surface area contributed by atoms with Crippen molar-refractivity contribution in [1.29, 1.82) is 0 Å². The molecule has 0 unspecified atom stereocenters. The Hall–Kier alpha value is -2.11. The van der Waals surface area contributed by atoms with Gasteiger partial charge in [0.05, 0.1) is 11.3 Å². The van der Waals surface area contributed by atoms with Crippen LogP contribution in [0.1, 0.15) is 37.0 Å². The Morgan fingerprint density at radius 3 is 2.71 bits per heavy atom. The van der Waals surface area contributed by atoms with Gasteiger partial charge >= 0.3 is 12.0 Å². The molecule has 2 rings (SSSR count). The van der Waals surface area contributed by atoms with Crippen LogP contribution in [-0.4, -0.2) is 35.1 Å². The third-order valence-electron chi connectivity index (χ3n) is 3.66. The lowest BCUT2D eigenvalue weighted by Gasteiger charge is -2.38. The Labute approximate surface area is 122 Å². The van der Waals surface area contributed by atoms with Crippen molar-refractivity contribution in [3.8, 4) is 0 Å². The number of hydrogen-bond donors (Lipinski definition) is 2. The molecule has 2 amide bonds. The Balaban J connectivity index is 2.18. The maximum Gasteiger partial charge on any atom is 0.337 e. The first-order valence-electron chi connectivity index (χ1n) is 6.88. The van der Waals surface area contributed by atoms with Gasteiger partial charge in [0.2, 0.25) is 0 Å². The van der Waals surface area contributed by atoms with Crippen molar-refractivity contribution in [2.75, 3.05) is 18.4 Å². The van der Waals surface area contributed by atoms with E-state index in [4.69, 9.17) is 5.11 Å². The van der Waals surface area contributed by atoms with Crippen LogP contribution in [0.15, 0.2) is 18.2 Å². The zero-order chi connectivity index (χ0) is 15.6. The summed E-state index contributed by atoms with van der Waals surface area (Å²) in [5.74, 6) is -2.02. The van der Waals surface area contributed by atoms with Gasteiger partial charge in [-0.1, -0.05) is 19.9 Å². The first-order chi connectivity index (χ1) is 9.80. The highest BCUT2D eigenvalue weighted by molar-refractivity contribution is 6.00. The molecule has 114 valence electrons. The fourth-order valence-electron chi connectivity index (χ4n) is 2.61. The summed E-state index contributed by atoms with van der Waals surface area (Å²) in [5.41, 5.74) is -0.515. The van der Waals surface area contributed by atoms with Crippen molar-refractivity contribution in [2.24, 2.45) is 5.41 Å². The fourth-order valence-corrected chi connectivity index (χ4v) is 2.61. The summed E-state index contributed by atoms with van der Waals surface area (Å²) in [6, 6.07) is 3.23. The molecule has 1 aliphatic heterocycles. The average Bonchev–Trinajstić information content (AvgIpc) is 2.39. The lowest BCUT2D eigenvalue weighted by atomic mass is 9.84. The van der Waals surface area contributed by atoms with Crippen molar-refractivity contribution in [3.63, 3.8) is 0 Å². The third kappa shape index (κ3) is 3.51. The first-order valence-corrected chi connectivity index (χ1v) is 6.88. The summed E-state index contributed by atoms with van der Waals surface area (Å²) < 4.78 is 13.8. The van der Waals surface area contributed by atoms with Crippen LogP contribution < -0.4 is 5.32 Å². The van der Waals surface area contributed by atoms with Crippen LogP contribution in [0.3, 0.4) is 0 Å². The van der Waals surface area contributed by atoms with Gasteiger partial charge < -0.3 is 15.3 Å². The summed E-state index contributed by atoms with van der Waals surface area (Å²) in [6.45, 7) is 5.29. The predicted molar refractivity (Wildman–Crippen MR) is 77.0 cm³/mol. The maximum atomic E-state index is 13.8. The number of halogens is 1. The van der Waals surface area contributed by atoms with Gasteiger partial charge in [-0.15, -0.1) is 0 Å². The van der Waals surface area contributed by atoms with Crippen molar-refractivity contribution in [3.05, 3.63) is 29.6 Å². The van der Waals surface area contributed by atoms with Gasteiger partial charge in [0.15, 0.2) is 0 Å². The molecular weight excluding hydrogens is 275 g/mol. The smallest absolute Gasteiger partial charge is 0.337 e. The van der Waals surface area contributed by atoms with E-state index < -0.39 is 17.8 Å². The minimum atomic E-state index is -1.27. The second-order valence-corrected chi connectivity index (χ2v) is 6.09. The molecule has 0 aromatic heterocycles. The molecular formula is C15H19FN2O3. The number of carboxylic acid groups (broad SMARTS) is 1. The third-order valence-corrected chi connectivity index (χ3v) is 3.66. The van der Waals surface area contributed by atoms with Gasteiger partial charge in [-0.05, 0) is 30.4 Å². The van der Waals surface area contributed by atoms with Crippen LogP contribution >= 0.6 is 0 Å². The van der Waals surface area contributed by atoms with Crippen LogP contribution in [0.25, 0.3) is 0 Å². The summed E-state index contributed by atoms with van der Waals surface area (Å²) in [6.07, 6.45) is 1.90. The van der Waals surface area contributed by atoms with Gasteiger partial charge in [0, 0.05) is 13.1 Å². The monoisotopic (exact) mass is 294 g/mol. The van der Waals surface area contributed by atoms with Gasteiger partial charge in [0.25, 0.3) is 0 Å². The van der Waals surface area contributed by atoms with E-state index in [1.807, 2.05) is 0 Å². The van der Waals surface area contributed by atoms with Crippen LogP contribution in [-0.2, 0) is 0 Å². The van der Waals surface area contributed by atoms with Crippen LogP contribution in [0.5, 0.6) is 0 Å². The molecule has 1 aliphatic rings. The number of anilines is 1. The lowest BCUT2D eigenvalue weighted by Crippen LogP contribution is -2.45. The summed E-state index contributed by atoms with van der Waals surface area (Å²) in [5, 5.41) is 11.5. The molecule has 21 heavy (non-hydrogen) atoms. The number of hydrogen-bond acceptors (Lipinski definition) is 2. The zero-order valence-electron chi connectivity index (χ0n) is 12.1. The normalized spacial score (nSPS) is 17.4. The molecule has 0 atom stereocenters. The van der Waals surface area contributed by atoms with E-state index >= 15 is 0 Å². The Bertz CT molecular complexity index is 572. The molecule has 2 N–H and O–H groups in total. The standard InChI is InChI=1S/C15H19FN2O3/c1-15(2)7-4-8-18(9-15)14(21)17-12-10(13(19)20)5-3-6-11(12)16/h3,5-6H,4,7-9H2,1-2H3,(H,17,21)(H,19,20). The number of aromatic carboxylic acids is 1. The van der Waals surface area contributed by atoms with Crippen molar-refractivity contribution in [2.45, 2.75) is 26.7 Å². The van der Waals surface area contributed by atoms with Gasteiger partial charge in [0.1, 0.15) is 5.82 Å². The number of amides is 2. The van der Waals surface area contributed by atoms with E-state index in [1.54, 1.807) is 4.90 Å². The quantitative estimate of drug-likeness (QED) is 0.880. The molecule has 0 aliphatic carbocycles. The SMILES string of the molecule is CC1(C)CCCN(C(=O)Nc2c(F)cccc2C(=O)O)C1. The minimum absolute atomic E-state index is 0.0143. The lowest BCUT2D eigenvalue weighted by molar-refractivity contribution is 0.0697. The minimum Gasteiger partial charge on any atom is -0.478 e. The number of carbonyl (C=O) groups excluding carboxylic acids is 1. The number of piperidine rings is 1. The van der Waals surface area contributed by atoms with Crippen molar-refractivity contribution < 1.29 is 19.1 Å². The number of nitrogens with zero attached hydrogens (tertiary/aromatic N) is 1. The number of rotatable bonds is 2. The molecule has 1 saturated heterocycles. The van der Waals surface area contributed by atoms with Gasteiger partial charge in [-0.2, -0.15) is 0 Å². The van der Waals surface area contributed by atoms with E-state index in [9.17, 15) is 14.0 Å². The molecule has 6 heteroatoms. The highest BCUT2D eigenvalue weighted by Gasteiger charge is 2.30. The molecule has 1 fully saturated rings. The van der Waals surface area contributed by atoms with Crippen molar-refractivity contribution >= 4 is 17.7 Å². The van der Waals surface area contributed by atoms with E-state index in [1.165, 1.54) is 12.1 Å². The van der Waals surface area contributed by atoms with Gasteiger partial charge in [-0.25, -0.2) is 14.0 Å². The van der Waals surface area contributed by atoms with Crippen LogP contribution in [0.4, 0.5) is 14.9 Å². The highest BCUT2D eigenvalue weighted by Crippen LogP contribution is 2.29. The maximum absolute atomic E-state index is 13.8. The highest BCUT2D eigenvalue weighted by atomic mass is 19.1. The van der Waals surface area contributed by atoms with Crippen molar-refractivity contribution in [1.82, 2.24) is 4.90 Å². The first kappa shape index (κ1) is 15.3. The second-order valence-electron chi connectivity index (χ2n) is 6.09. The number of urea groups is 1. The second kappa shape index (κ2) is 5.71. The molecule has 0 radical (unpaired) electrons. The number of carbonyl (C=O) groups is 2. The number of likely N-dealkylation sites (tertiary alicyclic amines) is 1. The summed E-state index contributed by atoms with van der Waals surface area (Å²) in [7, 11) is 0. The van der Waals surface area contributed by atoms with Crippen LogP contribution in [0.2, 0.25) is 0 Å². The molecule has 0 bridgehead atoms. The van der Waals surface area contributed by atoms with Crippen LogP contribution in [0, 0.1) is 11.2 Å². The number of benzene rings is 1. The van der Waals surface area contributed by atoms with E-state index in [0.717, 1.165) is 18.9 Å². The predicted octanol–water partition coefficient (Wildman–Crippen LogP) is 3.18. The average molecular weight is 294 g/mol. The molecule has 1 aromatic carbocycles. The molecule has 5 nitrogen and oxygen atoms in total. The molecule has 0 spiro atoms. The van der Waals surface area contributed by atoms with E-state index in [-0.39, 0.29) is 16.7 Å². The summed E-state index contributed by atoms with van der Waals surface area (Å²) in [4.78, 5) is 24.9. The zero-order valence-corrected chi connectivity index (χ0v) is 12.1. The fraction of sp³-hybridized carbons (Fsp3) is 0.467. The molecule has 1 aromatic rings. The Morgan fingerprint density at radius 1 is 1.38 bits per heavy atom. The Kier molecular flexibility index (Phi) is 4.16. The van der Waals surface area contributed by atoms with Gasteiger partial charge in [-0.3, -0.25) is 0 Å². The molecule has 0 saturated carbocycles. The number of para-hydroxylation sites is 1. The number of nitrogens with one attached hydrogen (secondary N) is 1. The molecule has 1 heterocycles. The topological polar surface area (TPSA) is 69.6 Å². The van der Waals surface area contributed by atoms with E-state index in [0.29, 0.717) is 13.1 Å². The largest absolute Gasteiger partial charge is 0.478 e. The number of carboxylic acids is 1. The van der Waals surface area contributed by atoms with E-state index in [2.05, 4.69) is 19.2 Å². The Morgan fingerprint density at radius 2 is 2.10 bits per heavy atom. The summed E-state index contributed by atoms with van der Waals surface area (Å²) >= 11 is 0.